The maximum absolute atomic E-state index is 10.7. The summed E-state index contributed by atoms with van der Waals surface area (Å²) in [5.74, 6) is 0.195. The van der Waals surface area contributed by atoms with Gasteiger partial charge in [0.25, 0.3) is 0 Å². The minimum absolute atomic E-state index is 0.195. The van der Waals surface area contributed by atoms with Crippen LogP contribution in [0, 0.1) is 0 Å². The number of nitrogens with two attached hydrogens (primary N) is 1. The van der Waals surface area contributed by atoms with Crippen LogP contribution >= 0.6 is 0 Å². The number of hydroxylamine groups is 2. The lowest BCUT2D eigenvalue weighted by atomic mass is 9.98. The predicted octanol–water partition coefficient (Wildman–Crippen LogP) is 1.29. The van der Waals surface area contributed by atoms with Gasteiger partial charge in [-0.3, -0.25) is 5.21 Å². The van der Waals surface area contributed by atoms with Gasteiger partial charge in [0, 0.05) is 12.3 Å². The Kier molecular flexibility index (Phi) is 3.07. The molecule has 1 aromatic carbocycles. The molecule has 0 bridgehead atoms. The van der Waals surface area contributed by atoms with E-state index in [1.165, 1.54) is 0 Å². The topological polar surface area (TPSA) is 75.8 Å². The highest BCUT2D eigenvalue weighted by atomic mass is 16.6. The Labute approximate surface area is 93.4 Å². The molecule has 2 amide bonds. The van der Waals surface area contributed by atoms with Gasteiger partial charge in [-0.2, -0.15) is 5.06 Å². The first-order valence-electron chi connectivity index (χ1n) is 5.12. The smallest absolute Gasteiger partial charge is 0.341 e. The van der Waals surface area contributed by atoms with Crippen LogP contribution < -0.4 is 5.73 Å². The first-order valence-corrected chi connectivity index (χ1v) is 5.12. The first kappa shape index (κ1) is 10.9. The Bertz CT molecular complexity index is 369. The van der Waals surface area contributed by atoms with E-state index in [9.17, 15) is 10.0 Å². The van der Waals surface area contributed by atoms with Crippen molar-refractivity contribution in [1.29, 1.82) is 0 Å². The number of rotatable bonds is 2. The average molecular weight is 222 g/mol. The third kappa shape index (κ3) is 2.15. The van der Waals surface area contributed by atoms with Crippen LogP contribution in [-0.4, -0.2) is 29.1 Å². The van der Waals surface area contributed by atoms with Crippen molar-refractivity contribution in [1.82, 2.24) is 5.06 Å². The highest BCUT2D eigenvalue weighted by Crippen LogP contribution is 2.30. The van der Waals surface area contributed by atoms with Gasteiger partial charge in [-0.1, -0.05) is 30.3 Å². The lowest BCUT2D eigenvalue weighted by Crippen LogP contribution is -2.40. The Morgan fingerprint density at radius 2 is 2.12 bits per heavy atom. The molecule has 1 saturated heterocycles. The lowest BCUT2D eigenvalue weighted by molar-refractivity contribution is -0.156. The van der Waals surface area contributed by atoms with E-state index in [4.69, 9.17) is 10.5 Å². The van der Waals surface area contributed by atoms with Crippen LogP contribution in [0.3, 0.4) is 0 Å². The molecule has 5 nitrogen and oxygen atoms in total. The minimum Gasteiger partial charge on any atom is -0.355 e. The molecular weight excluding hydrogens is 208 g/mol. The molecule has 86 valence electrons. The first-order chi connectivity index (χ1) is 7.68. The van der Waals surface area contributed by atoms with Crippen molar-refractivity contribution < 1.29 is 14.7 Å². The minimum atomic E-state index is -0.890. The van der Waals surface area contributed by atoms with E-state index in [0.29, 0.717) is 18.1 Å². The van der Waals surface area contributed by atoms with Crippen LogP contribution in [0.5, 0.6) is 0 Å². The molecule has 0 aliphatic carbocycles. The van der Waals surface area contributed by atoms with Crippen molar-refractivity contribution in [3.63, 3.8) is 0 Å². The number of primary amides is 1. The maximum atomic E-state index is 10.7. The van der Waals surface area contributed by atoms with E-state index >= 15 is 0 Å². The van der Waals surface area contributed by atoms with Crippen molar-refractivity contribution in [2.75, 3.05) is 6.61 Å². The van der Waals surface area contributed by atoms with Crippen molar-refractivity contribution in [3.8, 4) is 0 Å². The van der Waals surface area contributed by atoms with Gasteiger partial charge < -0.3 is 10.5 Å². The summed E-state index contributed by atoms with van der Waals surface area (Å²) in [5.41, 5.74) is 6.10. The van der Waals surface area contributed by atoms with Gasteiger partial charge >= 0.3 is 6.03 Å². The number of carbonyl (C=O) groups is 1. The summed E-state index contributed by atoms with van der Waals surface area (Å²) < 4.78 is 5.32. The van der Waals surface area contributed by atoms with Crippen LogP contribution in [-0.2, 0) is 4.74 Å². The molecule has 1 aliphatic heterocycles. The van der Waals surface area contributed by atoms with Crippen LogP contribution in [0.2, 0.25) is 0 Å². The number of carbonyl (C=O) groups excluding carboxylic acids is 1. The Balaban J connectivity index is 2.01. The van der Waals surface area contributed by atoms with Gasteiger partial charge in [-0.15, -0.1) is 0 Å². The summed E-state index contributed by atoms with van der Waals surface area (Å²) in [6.45, 7) is 0.485. The highest BCUT2D eigenvalue weighted by molar-refractivity contribution is 5.70. The van der Waals surface area contributed by atoms with Gasteiger partial charge in [-0.05, 0) is 5.56 Å². The normalized spacial score (nSPS) is 24.3. The SMILES string of the molecule is NC(=O)N(O)C1CC(c2ccccc2)CO1. The van der Waals surface area contributed by atoms with E-state index in [1.807, 2.05) is 30.3 Å². The Morgan fingerprint density at radius 3 is 2.75 bits per heavy atom. The van der Waals surface area contributed by atoms with Crippen LogP contribution in [0.4, 0.5) is 4.79 Å². The van der Waals surface area contributed by atoms with Crippen molar-refractivity contribution in [3.05, 3.63) is 35.9 Å². The number of ether oxygens (including phenoxy) is 1. The third-order valence-corrected chi connectivity index (χ3v) is 2.75. The molecule has 1 heterocycles. The zero-order valence-electron chi connectivity index (χ0n) is 8.74. The molecule has 0 spiro atoms. The van der Waals surface area contributed by atoms with E-state index < -0.39 is 12.3 Å². The molecule has 3 N–H and O–H groups in total. The van der Waals surface area contributed by atoms with Gasteiger partial charge in [0.05, 0.1) is 6.61 Å². The van der Waals surface area contributed by atoms with Crippen molar-refractivity contribution >= 4 is 6.03 Å². The molecule has 2 rings (SSSR count). The standard InChI is InChI=1S/C11H14N2O3/c12-11(14)13(15)10-6-9(7-16-10)8-4-2-1-3-5-8/h1-5,9-10,15H,6-7H2,(H2,12,14). The quantitative estimate of drug-likeness (QED) is 0.584. The van der Waals surface area contributed by atoms with Crippen molar-refractivity contribution in [2.24, 2.45) is 5.73 Å². The molecule has 2 unspecified atom stereocenters. The molecule has 5 heteroatoms. The monoisotopic (exact) mass is 222 g/mol. The third-order valence-electron chi connectivity index (χ3n) is 2.75. The number of hydrogen-bond acceptors (Lipinski definition) is 3. The molecule has 1 aliphatic rings. The number of amides is 2. The van der Waals surface area contributed by atoms with Gasteiger partial charge in [0.15, 0.2) is 6.23 Å². The second-order valence-electron chi connectivity index (χ2n) is 3.81. The summed E-state index contributed by atoms with van der Waals surface area (Å²) in [4.78, 5) is 10.7. The Morgan fingerprint density at radius 1 is 1.44 bits per heavy atom. The number of benzene rings is 1. The van der Waals surface area contributed by atoms with Gasteiger partial charge in [-0.25, -0.2) is 4.79 Å². The molecule has 2 atom stereocenters. The molecule has 0 saturated carbocycles. The summed E-state index contributed by atoms with van der Waals surface area (Å²) in [6.07, 6.45) is -0.0774. The fraction of sp³-hybridized carbons (Fsp3) is 0.364. The van der Waals surface area contributed by atoms with Crippen LogP contribution in [0.15, 0.2) is 30.3 Å². The van der Waals surface area contributed by atoms with E-state index in [0.717, 1.165) is 5.56 Å². The zero-order valence-corrected chi connectivity index (χ0v) is 8.74. The summed E-state index contributed by atoms with van der Waals surface area (Å²) in [5, 5.41) is 9.77. The number of nitrogens with zero attached hydrogens (tertiary/aromatic N) is 1. The van der Waals surface area contributed by atoms with E-state index in [-0.39, 0.29) is 5.92 Å². The lowest BCUT2D eigenvalue weighted by Gasteiger charge is -2.18. The second-order valence-corrected chi connectivity index (χ2v) is 3.81. The summed E-state index contributed by atoms with van der Waals surface area (Å²) in [7, 11) is 0. The molecule has 16 heavy (non-hydrogen) atoms. The van der Waals surface area contributed by atoms with Crippen molar-refractivity contribution in [2.45, 2.75) is 18.6 Å². The fourth-order valence-corrected chi connectivity index (χ4v) is 1.88. The molecule has 0 aromatic heterocycles. The molecule has 0 radical (unpaired) electrons. The summed E-state index contributed by atoms with van der Waals surface area (Å²) in [6, 6.07) is 8.96. The van der Waals surface area contributed by atoms with Gasteiger partial charge in [0.2, 0.25) is 0 Å². The largest absolute Gasteiger partial charge is 0.355 e. The van der Waals surface area contributed by atoms with E-state index in [1.54, 1.807) is 0 Å². The maximum Gasteiger partial charge on any atom is 0.341 e. The van der Waals surface area contributed by atoms with Crippen LogP contribution in [0.1, 0.15) is 17.9 Å². The fourth-order valence-electron chi connectivity index (χ4n) is 1.88. The molecular formula is C11H14N2O3. The number of urea groups is 1. The Hall–Kier alpha value is -1.59. The summed E-state index contributed by atoms with van der Waals surface area (Å²) >= 11 is 0. The van der Waals surface area contributed by atoms with Crippen LogP contribution in [0.25, 0.3) is 0 Å². The van der Waals surface area contributed by atoms with E-state index in [2.05, 4.69) is 0 Å². The highest BCUT2D eigenvalue weighted by Gasteiger charge is 2.32. The predicted molar refractivity (Wildman–Crippen MR) is 56.7 cm³/mol. The molecule has 1 aromatic rings. The second kappa shape index (κ2) is 4.51. The van der Waals surface area contributed by atoms with Gasteiger partial charge in [0.1, 0.15) is 0 Å². The average Bonchev–Trinajstić information content (AvgIpc) is 2.78. The number of hydrogen-bond donors (Lipinski definition) is 2. The zero-order chi connectivity index (χ0) is 11.5. The molecule has 1 fully saturated rings.